The fraction of sp³-hybridized carbons (Fsp3) is 0.850. The lowest BCUT2D eigenvalue weighted by atomic mass is 9.90. The average molecular weight is 356 g/mol. The normalized spacial score (nSPS) is 27.0. The summed E-state index contributed by atoms with van der Waals surface area (Å²) in [5.74, 6) is -0.609. The number of rotatable bonds is 13. The maximum absolute atomic E-state index is 11.0. The fourth-order valence-electron chi connectivity index (χ4n) is 3.23. The third-order valence-electron chi connectivity index (χ3n) is 4.62. The Kier molecular flexibility index (Phi) is 11.8. The summed E-state index contributed by atoms with van der Waals surface area (Å²) in [6.07, 6.45) is 12.5. The molecule has 0 aromatic rings. The first-order valence-corrected chi connectivity index (χ1v) is 9.95. The van der Waals surface area contributed by atoms with Crippen LogP contribution in [0.2, 0.25) is 0 Å². The Morgan fingerprint density at radius 2 is 2.00 bits per heavy atom. The third kappa shape index (κ3) is 8.84. The van der Waals surface area contributed by atoms with Gasteiger partial charge in [-0.1, -0.05) is 58.6 Å². The Labute approximate surface area is 153 Å². The summed E-state index contributed by atoms with van der Waals surface area (Å²) in [5, 5.41) is 12.1. The second kappa shape index (κ2) is 13.3. The van der Waals surface area contributed by atoms with Gasteiger partial charge < -0.3 is 14.6 Å². The third-order valence-corrected chi connectivity index (χ3v) is 4.62. The molecule has 0 bridgehead atoms. The molecule has 0 aromatic carbocycles. The van der Waals surface area contributed by atoms with Crippen molar-refractivity contribution >= 4 is 5.97 Å². The highest BCUT2D eigenvalue weighted by molar-refractivity contribution is 5.69. The molecule has 1 rings (SSSR count). The molecule has 0 amide bonds. The number of carboxylic acid groups (broad SMARTS) is 1. The molecule has 0 radical (unpaired) electrons. The van der Waals surface area contributed by atoms with E-state index in [-0.39, 0.29) is 30.7 Å². The van der Waals surface area contributed by atoms with Crippen molar-refractivity contribution in [3.63, 3.8) is 0 Å². The molecule has 146 valence electrons. The van der Waals surface area contributed by atoms with Crippen molar-refractivity contribution in [2.24, 2.45) is 5.92 Å². The van der Waals surface area contributed by atoms with Crippen LogP contribution < -0.4 is 5.32 Å². The Bertz CT molecular complexity index is 386. The molecule has 0 unspecified atom stereocenters. The highest BCUT2D eigenvalue weighted by Gasteiger charge is 2.38. The van der Waals surface area contributed by atoms with E-state index >= 15 is 0 Å². The van der Waals surface area contributed by atoms with Gasteiger partial charge in [-0.2, -0.15) is 0 Å². The number of ether oxygens (including phenoxy) is 2. The minimum absolute atomic E-state index is 0.0211. The van der Waals surface area contributed by atoms with Gasteiger partial charge in [0.15, 0.2) is 0 Å². The molecule has 0 aliphatic carbocycles. The lowest BCUT2D eigenvalue weighted by Crippen LogP contribution is -2.57. The van der Waals surface area contributed by atoms with Crippen LogP contribution in [-0.4, -0.2) is 49.1 Å². The Hall–Kier alpha value is -0.910. The van der Waals surface area contributed by atoms with Gasteiger partial charge in [0.2, 0.25) is 0 Å². The minimum atomic E-state index is -0.855. The second-order valence-electron chi connectivity index (χ2n) is 7.04. The molecule has 25 heavy (non-hydrogen) atoms. The van der Waals surface area contributed by atoms with Gasteiger partial charge in [0.1, 0.15) is 0 Å². The van der Waals surface area contributed by atoms with E-state index in [4.69, 9.17) is 14.6 Å². The predicted octanol–water partition coefficient (Wildman–Crippen LogP) is 3.78. The number of hydrogen-bond acceptors (Lipinski definition) is 4. The molecule has 4 atom stereocenters. The topological polar surface area (TPSA) is 67.8 Å². The van der Waals surface area contributed by atoms with Crippen molar-refractivity contribution in [1.82, 2.24) is 5.32 Å². The Morgan fingerprint density at radius 3 is 2.68 bits per heavy atom. The molecule has 5 nitrogen and oxygen atoms in total. The van der Waals surface area contributed by atoms with E-state index in [1.165, 1.54) is 32.1 Å². The Morgan fingerprint density at radius 1 is 1.24 bits per heavy atom. The molecule has 1 aliphatic heterocycles. The number of aliphatic carboxylic acids is 1. The minimum Gasteiger partial charge on any atom is -0.480 e. The number of unbranched alkanes of at least 4 members (excludes halogenated alkanes) is 5. The highest BCUT2D eigenvalue weighted by Crippen LogP contribution is 2.24. The molecular formula is C20H37NO4. The maximum Gasteiger partial charge on any atom is 0.317 e. The van der Waals surface area contributed by atoms with Gasteiger partial charge in [0.05, 0.1) is 31.4 Å². The largest absolute Gasteiger partial charge is 0.480 e. The summed E-state index contributed by atoms with van der Waals surface area (Å²) < 4.78 is 12.0. The zero-order chi connectivity index (χ0) is 18.5. The summed E-state index contributed by atoms with van der Waals surface area (Å²) >= 11 is 0. The van der Waals surface area contributed by atoms with E-state index in [1.54, 1.807) is 0 Å². The van der Waals surface area contributed by atoms with Crippen molar-refractivity contribution < 1.29 is 19.4 Å². The number of carboxylic acids is 1. The second-order valence-corrected chi connectivity index (χ2v) is 7.04. The molecule has 0 aromatic heterocycles. The lowest BCUT2D eigenvalue weighted by molar-refractivity contribution is -0.138. The van der Waals surface area contributed by atoms with Gasteiger partial charge in [-0.25, -0.2) is 0 Å². The molecule has 0 saturated carbocycles. The fourth-order valence-corrected chi connectivity index (χ4v) is 3.23. The van der Waals surface area contributed by atoms with Gasteiger partial charge in [-0.05, 0) is 19.3 Å². The van der Waals surface area contributed by atoms with Gasteiger partial charge in [-0.15, -0.1) is 0 Å². The first kappa shape index (κ1) is 22.1. The summed E-state index contributed by atoms with van der Waals surface area (Å²) in [6, 6.07) is -0.122. The van der Waals surface area contributed by atoms with Gasteiger partial charge in [0, 0.05) is 12.5 Å². The molecular weight excluding hydrogens is 318 g/mol. The zero-order valence-electron chi connectivity index (χ0n) is 16.2. The number of carbonyl (C=O) groups is 1. The van der Waals surface area contributed by atoms with Gasteiger partial charge in [-0.3, -0.25) is 10.1 Å². The van der Waals surface area contributed by atoms with Crippen LogP contribution in [0.25, 0.3) is 0 Å². The quantitative estimate of drug-likeness (QED) is 0.389. The Balaban J connectivity index is 2.58. The van der Waals surface area contributed by atoms with Crippen LogP contribution in [-0.2, 0) is 14.3 Å². The van der Waals surface area contributed by atoms with Gasteiger partial charge in [0.25, 0.3) is 0 Å². The summed E-state index contributed by atoms with van der Waals surface area (Å²) in [5.41, 5.74) is 0. The van der Waals surface area contributed by atoms with E-state index in [0.29, 0.717) is 13.2 Å². The smallest absolute Gasteiger partial charge is 0.317 e. The van der Waals surface area contributed by atoms with Crippen LogP contribution in [0.15, 0.2) is 12.2 Å². The molecule has 2 N–H and O–H groups in total. The molecule has 1 heterocycles. The van der Waals surface area contributed by atoms with E-state index < -0.39 is 5.97 Å². The van der Waals surface area contributed by atoms with Crippen molar-refractivity contribution in [3.8, 4) is 0 Å². The van der Waals surface area contributed by atoms with Crippen molar-refractivity contribution in [3.05, 3.63) is 12.2 Å². The van der Waals surface area contributed by atoms with Crippen LogP contribution in [0.4, 0.5) is 0 Å². The SMILES string of the molecule is CCCCCCC/C=C\[C@@H]1OC[C@H](C)[C@H](OCCC)[C@@H]1NCC(=O)O. The van der Waals surface area contributed by atoms with E-state index in [1.807, 2.05) is 0 Å². The average Bonchev–Trinajstić information content (AvgIpc) is 2.59. The van der Waals surface area contributed by atoms with Crippen LogP contribution in [0.3, 0.4) is 0 Å². The van der Waals surface area contributed by atoms with E-state index in [9.17, 15) is 4.79 Å². The number of hydrogen-bond donors (Lipinski definition) is 2. The van der Waals surface area contributed by atoms with Crippen molar-refractivity contribution in [2.45, 2.75) is 84.0 Å². The zero-order valence-corrected chi connectivity index (χ0v) is 16.2. The molecule has 1 aliphatic rings. The first-order valence-electron chi connectivity index (χ1n) is 9.95. The predicted molar refractivity (Wildman–Crippen MR) is 101 cm³/mol. The van der Waals surface area contributed by atoms with Gasteiger partial charge >= 0.3 is 5.97 Å². The number of allylic oxidation sites excluding steroid dienone is 1. The molecule has 5 heteroatoms. The summed E-state index contributed by atoms with van der Waals surface area (Å²) in [7, 11) is 0. The summed E-state index contributed by atoms with van der Waals surface area (Å²) in [4.78, 5) is 11.0. The van der Waals surface area contributed by atoms with Crippen LogP contribution >= 0.6 is 0 Å². The molecule has 0 spiro atoms. The van der Waals surface area contributed by atoms with Crippen LogP contribution in [0, 0.1) is 5.92 Å². The van der Waals surface area contributed by atoms with E-state index in [0.717, 1.165) is 12.8 Å². The molecule has 1 saturated heterocycles. The highest BCUT2D eigenvalue weighted by atomic mass is 16.5. The monoisotopic (exact) mass is 355 g/mol. The maximum atomic E-state index is 11.0. The standard InChI is InChI=1S/C20H37NO4/c1-4-6-7-8-9-10-11-12-17-19(21-14-18(22)23)20(24-13-5-2)16(3)15-25-17/h11-12,16-17,19-21H,4-10,13-15H2,1-3H3,(H,22,23)/b12-11-/t16-,17-,19+,20-/m0/s1. The van der Waals surface area contributed by atoms with Crippen molar-refractivity contribution in [1.29, 1.82) is 0 Å². The van der Waals surface area contributed by atoms with E-state index in [2.05, 4.69) is 38.2 Å². The van der Waals surface area contributed by atoms with Crippen LogP contribution in [0.5, 0.6) is 0 Å². The lowest BCUT2D eigenvalue weighted by Gasteiger charge is -2.41. The number of nitrogens with one attached hydrogen (secondary N) is 1. The first-order chi connectivity index (χ1) is 12.1. The van der Waals surface area contributed by atoms with Crippen LogP contribution in [0.1, 0.15) is 65.7 Å². The molecule has 1 fully saturated rings. The summed E-state index contributed by atoms with van der Waals surface area (Å²) in [6.45, 7) is 7.67. The van der Waals surface area contributed by atoms with Crippen molar-refractivity contribution in [2.75, 3.05) is 19.8 Å².